The van der Waals surface area contributed by atoms with Crippen LogP contribution in [-0.2, 0) is 0 Å². The first kappa shape index (κ1) is 9.80. The van der Waals surface area contributed by atoms with Crippen molar-refractivity contribution < 1.29 is 19.0 Å². The molecule has 0 aliphatic rings. The van der Waals surface area contributed by atoms with Gasteiger partial charge in [0.15, 0.2) is 23.6 Å². The number of phenolic OH excluding ortho intramolecular Hbond substituents is 1. The molecule has 0 bridgehead atoms. The third-order valence-electron chi connectivity index (χ3n) is 1.53. The summed E-state index contributed by atoms with van der Waals surface area (Å²) >= 11 is 5.42. The van der Waals surface area contributed by atoms with Crippen molar-refractivity contribution in [3.63, 3.8) is 0 Å². The third-order valence-corrected chi connectivity index (χ3v) is 1.81. The molecule has 3 nitrogen and oxygen atoms in total. The number of phenols is 1. The molecule has 0 atom stereocenters. The Kier molecular flexibility index (Phi) is 2.72. The topological polar surface area (TPSA) is 46.5 Å². The zero-order valence-corrected chi connectivity index (χ0v) is 7.43. The van der Waals surface area contributed by atoms with E-state index in [2.05, 4.69) is 4.74 Å². The van der Waals surface area contributed by atoms with Crippen molar-refractivity contribution in [1.82, 2.24) is 0 Å². The lowest BCUT2D eigenvalue weighted by Crippen LogP contribution is -1.93. The summed E-state index contributed by atoms with van der Waals surface area (Å²) in [6.45, 7) is 0. The summed E-state index contributed by atoms with van der Waals surface area (Å²) in [6.07, 6.45) is 0.180. The highest BCUT2D eigenvalue weighted by Gasteiger charge is 2.16. The molecular weight excluding hydrogens is 199 g/mol. The van der Waals surface area contributed by atoms with Gasteiger partial charge in [0.25, 0.3) is 0 Å². The van der Waals surface area contributed by atoms with E-state index in [0.29, 0.717) is 0 Å². The summed E-state index contributed by atoms with van der Waals surface area (Å²) in [5, 5.41) is 8.97. The Bertz CT molecular complexity index is 352. The highest BCUT2D eigenvalue weighted by molar-refractivity contribution is 6.31. The van der Waals surface area contributed by atoms with E-state index < -0.39 is 17.1 Å². The van der Waals surface area contributed by atoms with Gasteiger partial charge < -0.3 is 9.84 Å². The van der Waals surface area contributed by atoms with E-state index in [4.69, 9.17) is 11.6 Å². The van der Waals surface area contributed by atoms with Gasteiger partial charge in [-0.25, -0.2) is 4.39 Å². The van der Waals surface area contributed by atoms with Gasteiger partial charge >= 0.3 is 0 Å². The fourth-order valence-electron chi connectivity index (χ4n) is 0.875. The summed E-state index contributed by atoms with van der Waals surface area (Å²) in [5.41, 5.74) is -0.496. The number of methoxy groups -OCH3 is 1. The van der Waals surface area contributed by atoms with Gasteiger partial charge in [0, 0.05) is 6.07 Å². The van der Waals surface area contributed by atoms with Crippen LogP contribution >= 0.6 is 11.6 Å². The summed E-state index contributed by atoms with van der Waals surface area (Å²) in [7, 11) is 1.28. The van der Waals surface area contributed by atoms with Crippen LogP contribution < -0.4 is 4.74 Å². The monoisotopic (exact) mass is 204 g/mol. The Morgan fingerprint density at radius 2 is 2.31 bits per heavy atom. The molecule has 0 radical (unpaired) electrons. The van der Waals surface area contributed by atoms with Crippen LogP contribution in [0.3, 0.4) is 0 Å². The lowest BCUT2D eigenvalue weighted by molar-refractivity contribution is 0.111. The van der Waals surface area contributed by atoms with Crippen LogP contribution in [0.25, 0.3) is 0 Å². The molecule has 13 heavy (non-hydrogen) atoms. The SMILES string of the molecule is COc1cc(Cl)c(F)c(C=O)c1O. The van der Waals surface area contributed by atoms with Crippen molar-refractivity contribution >= 4 is 17.9 Å². The zero-order chi connectivity index (χ0) is 10.0. The molecule has 0 unspecified atom stereocenters. The van der Waals surface area contributed by atoms with Crippen molar-refractivity contribution in [3.8, 4) is 11.5 Å². The Labute approximate surface area is 78.7 Å². The largest absolute Gasteiger partial charge is 0.504 e. The standard InChI is InChI=1S/C8H6ClFO3/c1-13-6-2-5(9)7(10)4(3-11)8(6)12/h2-3,12H,1H3. The summed E-state index contributed by atoms with van der Waals surface area (Å²) in [6, 6.07) is 1.10. The first-order valence-corrected chi connectivity index (χ1v) is 3.69. The van der Waals surface area contributed by atoms with Crippen LogP contribution in [0.15, 0.2) is 6.07 Å². The molecule has 0 aromatic heterocycles. The molecule has 1 aromatic carbocycles. The van der Waals surface area contributed by atoms with E-state index in [0.717, 1.165) is 6.07 Å². The molecule has 0 heterocycles. The molecule has 0 aliphatic carbocycles. The molecule has 0 amide bonds. The van der Waals surface area contributed by atoms with Crippen LogP contribution in [0.4, 0.5) is 4.39 Å². The van der Waals surface area contributed by atoms with Gasteiger partial charge in [0.05, 0.1) is 17.7 Å². The average Bonchev–Trinajstić information content (AvgIpc) is 2.12. The van der Waals surface area contributed by atoms with E-state index in [1.807, 2.05) is 0 Å². The molecule has 0 aliphatic heterocycles. The number of aromatic hydroxyl groups is 1. The Hall–Kier alpha value is -1.29. The lowest BCUT2D eigenvalue weighted by Gasteiger charge is -2.06. The van der Waals surface area contributed by atoms with Gasteiger partial charge in [-0.05, 0) is 0 Å². The van der Waals surface area contributed by atoms with Crippen molar-refractivity contribution in [3.05, 3.63) is 22.5 Å². The fraction of sp³-hybridized carbons (Fsp3) is 0.125. The maximum absolute atomic E-state index is 13.0. The first-order valence-electron chi connectivity index (χ1n) is 3.32. The number of aldehydes is 1. The number of carbonyl (C=O) groups is 1. The molecular formula is C8H6ClFO3. The number of rotatable bonds is 2. The van der Waals surface area contributed by atoms with Crippen molar-refractivity contribution in [2.75, 3.05) is 7.11 Å². The summed E-state index contributed by atoms with van der Waals surface area (Å²) in [4.78, 5) is 10.4. The van der Waals surface area contributed by atoms with Gasteiger partial charge in [-0.3, -0.25) is 4.79 Å². The predicted molar refractivity (Wildman–Crippen MR) is 45.0 cm³/mol. The molecule has 0 spiro atoms. The minimum Gasteiger partial charge on any atom is -0.504 e. The minimum absolute atomic E-state index is 0.0338. The zero-order valence-electron chi connectivity index (χ0n) is 6.67. The van der Waals surface area contributed by atoms with Crippen LogP contribution in [0, 0.1) is 5.82 Å². The molecule has 0 saturated carbocycles. The normalized spacial score (nSPS) is 9.77. The van der Waals surface area contributed by atoms with Crippen LogP contribution in [0.5, 0.6) is 11.5 Å². The number of hydrogen-bond acceptors (Lipinski definition) is 3. The molecule has 1 rings (SSSR count). The van der Waals surface area contributed by atoms with Crippen LogP contribution in [-0.4, -0.2) is 18.5 Å². The minimum atomic E-state index is -0.949. The quantitative estimate of drug-likeness (QED) is 0.750. The Morgan fingerprint density at radius 1 is 1.69 bits per heavy atom. The van der Waals surface area contributed by atoms with Crippen molar-refractivity contribution in [2.45, 2.75) is 0 Å². The van der Waals surface area contributed by atoms with Gasteiger partial charge in [-0.2, -0.15) is 0 Å². The third kappa shape index (κ3) is 1.58. The number of ether oxygens (including phenoxy) is 1. The fourth-order valence-corrected chi connectivity index (χ4v) is 1.08. The van der Waals surface area contributed by atoms with Crippen LogP contribution in [0.1, 0.15) is 10.4 Å². The lowest BCUT2D eigenvalue weighted by atomic mass is 10.2. The molecule has 70 valence electrons. The number of hydrogen-bond donors (Lipinski definition) is 1. The van der Waals surface area contributed by atoms with Gasteiger partial charge in [-0.15, -0.1) is 0 Å². The van der Waals surface area contributed by atoms with Crippen molar-refractivity contribution in [1.29, 1.82) is 0 Å². The van der Waals surface area contributed by atoms with E-state index >= 15 is 0 Å². The van der Waals surface area contributed by atoms with E-state index in [1.165, 1.54) is 7.11 Å². The maximum atomic E-state index is 13.0. The second kappa shape index (κ2) is 3.62. The highest BCUT2D eigenvalue weighted by Crippen LogP contribution is 2.34. The molecule has 0 fully saturated rings. The smallest absolute Gasteiger partial charge is 0.171 e. The second-order valence-corrected chi connectivity index (χ2v) is 2.66. The van der Waals surface area contributed by atoms with Gasteiger partial charge in [0.2, 0.25) is 0 Å². The molecule has 0 saturated heterocycles. The van der Waals surface area contributed by atoms with E-state index in [1.54, 1.807) is 0 Å². The summed E-state index contributed by atoms with van der Waals surface area (Å²) < 4.78 is 17.7. The number of halogens is 2. The van der Waals surface area contributed by atoms with E-state index in [9.17, 15) is 14.3 Å². The van der Waals surface area contributed by atoms with Gasteiger partial charge in [0.1, 0.15) is 0 Å². The highest BCUT2D eigenvalue weighted by atomic mass is 35.5. The predicted octanol–water partition coefficient (Wildman–Crippen LogP) is 2.01. The average molecular weight is 205 g/mol. The summed E-state index contributed by atoms with van der Waals surface area (Å²) in [5.74, 6) is -1.53. The van der Waals surface area contributed by atoms with E-state index in [-0.39, 0.29) is 17.1 Å². The number of carbonyl (C=O) groups excluding carboxylic acids is 1. The first-order chi connectivity index (χ1) is 6.11. The molecule has 5 heteroatoms. The Balaban J connectivity index is 3.47. The second-order valence-electron chi connectivity index (χ2n) is 2.25. The number of benzene rings is 1. The maximum Gasteiger partial charge on any atom is 0.171 e. The molecule has 1 N–H and O–H groups in total. The van der Waals surface area contributed by atoms with Crippen LogP contribution in [0.2, 0.25) is 5.02 Å². The molecule has 1 aromatic rings. The van der Waals surface area contributed by atoms with Gasteiger partial charge in [-0.1, -0.05) is 11.6 Å². The van der Waals surface area contributed by atoms with Crippen molar-refractivity contribution in [2.24, 2.45) is 0 Å². The Morgan fingerprint density at radius 3 is 2.77 bits per heavy atom.